The van der Waals surface area contributed by atoms with Crippen molar-refractivity contribution in [1.29, 1.82) is 0 Å². The summed E-state index contributed by atoms with van der Waals surface area (Å²) >= 11 is 7.72. The van der Waals surface area contributed by atoms with Gasteiger partial charge in [0.05, 0.1) is 29.5 Å². The lowest BCUT2D eigenvalue weighted by Crippen LogP contribution is -2.20. The largest absolute Gasteiger partial charge is 0.507 e. The fraction of sp³-hybridized carbons (Fsp3) is 0.0741. The van der Waals surface area contributed by atoms with Crippen LogP contribution in [0.5, 0.6) is 5.75 Å². The molecule has 1 aromatic heterocycles. The van der Waals surface area contributed by atoms with E-state index in [1.807, 2.05) is 78.9 Å². The van der Waals surface area contributed by atoms with Crippen molar-refractivity contribution in [2.24, 2.45) is 5.10 Å². The van der Waals surface area contributed by atoms with Gasteiger partial charge in [0, 0.05) is 10.6 Å². The van der Waals surface area contributed by atoms with Gasteiger partial charge in [-0.3, -0.25) is 4.79 Å². The van der Waals surface area contributed by atoms with Gasteiger partial charge in [-0.25, -0.2) is 10.4 Å². The molecule has 0 aliphatic heterocycles. The zero-order valence-corrected chi connectivity index (χ0v) is 20.1. The fourth-order valence-electron chi connectivity index (χ4n) is 3.86. The number of rotatable bonds is 7. The third kappa shape index (κ3) is 5.01. The summed E-state index contributed by atoms with van der Waals surface area (Å²) in [4.78, 5) is 17.2. The topological polar surface area (TPSA) is 79.5 Å². The molecule has 0 aliphatic rings. The molecular formula is C27H21ClN4O2S. The van der Waals surface area contributed by atoms with Gasteiger partial charge in [-0.1, -0.05) is 84.0 Å². The first kappa shape index (κ1) is 23.0. The van der Waals surface area contributed by atoms with Crippen LogP contribution in [0.25, 0.3) is 21.8 Å². The van der Waals surface area contributed by atoms with E-state index in [-0.39, 0.29) is 17.4 Å². The number of thioether (sulfide) groups is 1. The van der Waals surface area contributed by atoms with Gasteiger partial charge in [0.15, 0.2) is 5.16 Å². The summed E-state index contributed by atoms with van der Waals surface area (Å²) in [6, 6.07) is 26.7. The number of phenols is 1. The molecule has 0 bridgehead atoms. The number of imidazole rings is 1. The SMILES string of the molecule is O=C(CSc1nc2ccccc2n1Cc1ccccc1Cl)N/N=C/c1c(O)ccc2ccccc12. The highest BCUT2D eigenvalue weighted by Gasteiger charge is 2.14. The van der Waals surface area contributed by atoms with Crippen LogP contribution in [0.3, 0.4) is 0 Å². The second-order valence-corrected chi connectivity index (χ2v) is 9.21. The van der Waals surface area contributed by atoms with Crippen LogP contribution >= 0.6 is 23.4 Å². The maximum Gasteiger partial charge on any atom is 0.250 e. The molecule has 0 unspecified atom stereocenters. The van der Waals surface area contributed by atoms with E-state index in [0.29, 0.717) is 17.1 Å². The lowest BCUT2D eigenvalue weighted by atomic mass is 10.0. The second kappa shape index (κ2) is 10.2. The first-order valence-corrected chi connectivity index (χ1v) is 12.3. The number of benzene rings is 4. The summed E-state index contributed by atoms with van der Waals surface area (Å²) in [5.41, 5.74) is 5.90. The first-order chi connectivity index (χ1) is 17.1. The molecule has 5 aromatic rings. The second-order valence-electron chi connectivity index (χ2n) is 7.86. The average Bonchev–Trinajstić information content (AvgIpc) is 3.22. The lowest BCUT2D eigenvalue weighted by Gasteiger charge is -2.10. The predicted octanol–water partition coefficient (Wildman–Crippen LogP) is 5.84. The van der Waals surface area contributed by atoms with Crippen molar-refractivity contribution >= 4 is 57.3 Å². The number of aromatic nitrogens is 2. The maximum absolute atomic E-state index is 12.5. The lowest BCUT2D eigenvalue weighted by molar-refractivity contribution is -0.118. The Hall–Kier alpha value is -3.81. The van der Waals surface area contributed by atoms with Crippen LogP contribution in [0.4, 0.5) is 0 Å². The van der Waals surface area contributed by atoms with Gasteiger partial charge >= 0.3 is 0 Å². The molecule has 1 heterocycles. The molecule has 0 radical (unpaired) electrons. The summed E-state index contributed by atoms with van der Waals surface area (Å²) in [5, 5.41) is 17.5. The van der Waals surface area contributed by atoms with Crippen LogP contribution in [-0.2, 0) is 11.3 Å². The maximum atomic E-state index is 12.5. The number of phenolic OH excluding ortho intramolecular Hbond substituents is 1. The van der Waals surface area contributed by atoms with Crippen LogP contribution in [-0.4, -0.2) is 32.5 Å². The van der Waals surface area contributed by atoms with Crippen molar-refractivity contribution in [2.75, 3.05) is 5.75 Å². The van der Waals surface area contributed by atoms with E-state index in [2.05, 4.69) is 15.1 Å². The van der Waals surface area contributed by atoms with Gasteiger partial charge in [-0.05, 0) is 40.6 Å². The molecule has 0 aliphatic carbocycles. The molecule has 35 heavy (non-hydrogen) atoms. The minimum absolute atomic E-state index is 0.101. The molecule has 0 saturated heterocycles. The highest BCUT2D eigenvalue weighted by molar-refractivity contribution is 7.99. The van der Waals surface area contributed by atoms with E-state index >= 15 is 0 Å². The van der Waals surface area contributed by atoms with Crippen LogP contribution < -0.4 is 5.43 Å². The summed E-state index contributed by atoms with van der Waals surface area (Å²) in [7, 11) is 0. The monoisotopic (exact) mass is 500 g/mol. The Balaban J connectivity index is 1.31. The van der Waals surface area contributed by atoms with Gasteiger partial charge in [0.2, 0.25) is 0 Å². The smallest absolute Gasteiger partial charge is 0.250 e. The Morgan fingerprint density at radius 2 is 1.80 bits per heavy atom. The third-order valence-electron chi connectivity index (χ3n) is 5.57. The van der Waals surface area contributed by atoms with Crippen molar-refractivity contribution in [3.63, 3.8) is 0 Å². The van der Waals surface area contributed by atoms with Crippen LogP contribution in [0.15, 0.2) is 95.2 Å². The molecule has 0 saturated carbocycles. The number of amides is 1. The number of hydrogen-bond acceptors (Lipinski definition) is 5. The number of nitrogens with zero attached hydrogens (tertiary/aromatic N) is 3. The van der Waals surface area contributed by atoms with E-state index in [9.17, 15) is 9.90 Å². The molecule has 2 N–H and O–H groups in total. The van der Waals surface area contributed by atoms with Crippen molar-refractivity contribution in [1.82, 2.24) is 15.0 Å². The zero-order chi connectivity index (χ0) is 24.2. The molecule has 1 amide bonds. The van der Waals surface area contributed by atoms with E-state index < -0.39 is 0 Å². The van der Waals surface area contributed by atoms with E-state index in [4.69, 9.17) is 16.6 Å². The number of carbonyl (C=O) groups excluding carboxylic acids is 1. The summed E-state index contributed by atoms with van der Waals surface area (Å²) < 4.78 is 2.06. The highest BCUT2D eigenvalue weighted by atomic mass is 35.5. The van der Waals surface area contributed by atoms with Gasteiger partial charge in [0.1, 0.15) is 5.75 Å². The molecule has 5 rings (SSSR count). The van der Waals surface area contributed by atoms with Crippen LogP contribution in [0.1, 0.15) is 11.1 Å². The molecular weight excluding hydrogens is 480 g/mol. The predicted molar refractivity (Wildman–Crippen MR) is 142 cm³/mol. The Kier molecular flexibility index (Phi) is 6.70. The van der Waals surface area contributed by atoms with Crippen molar-refractivity contribution in [2.45, 2.75) is 11.7 Å². The standard InChI is InChI=1S/C27H21ClN4O2S/c28-22-10-4-2-8-19(22)16-32-24-12-6-5-11-23(24)30-27(32)35-17-26(34)31-29-15-21-20-9-3-1-7-18(20)13-14-25(21)33/h1-15,33H,16-17H2,(H,31,34)/b29-15+. The Morgan fingerprint density at radius 3 is 2.69 bits per heavy atom. The zero-order valence-electron chi connectivity index (χ0n) is 18.6. The van der Waals surface area contributed by atoms with E-state index in [1.54, 1.807) is 6.07 Å². The number of hydrazone groups is 1. The molecule has 6 nitrogen and oxygen atoms in total. The number of para-hydroxylation sites is 2. The van der Waals surface area contributed by atoms with E-state index in [1.165, 1.54) is 18.0 Å². The van der Waals surface area contributed by atoms with Crippen LogP contribution in [0.2, 0.25) is 5.02 Å². The average molecular weight is 501 g/mol. The number of fused-ring (bicyclic) bond motifs is 2. The summed E-state index contributed by atoms with van der Waals surface area (Å²) in [6.45, 7) is 0.544. The molecule has 4 aromatic carbocycles. The molecule has 0 spiro atoms. The molecule has 0 atom stereocenters. The first-order valence-electron chi connectivity index (χ1n) is 10.9. The third-order valence-corrected chi connectivity index (χ3v) is 6.91. The minimum Gasteiger partial charge on any atom is -0.507 e. The number of aromatic hydroxyl groups is 1. The van der Waals surface area contributed by atoms with Crippen molar-refractivity contribution in [3.8, 4) is 5.75 Å². The number of nitrogens with one attached hydrogen (secondary N) is 1. The Morgan fingerprint density at radius 1 is 1.03 bits per heavy atom. The van der Waals surface area contributed by atoms with Crippen molar-refractivity contribution < 1.29 is 9.90 Å². The summed E-state index contributed by atoms with van der Waals surface area (Å²) in [6.07, 6.45) is 1.47. The van der Waals surface area contributed by atoms with E-state index in [0.717, 1.165) is 32.5 Å². The quantitative estimate of drug-likeness (QED) is 0.167. The molecule has 8 heteroatoms. The van der Waals surface area contributed by atoms with Gasteiger partial charge in [-0.15, -0.1) is 0 Å². The highest BCUT2D eigenvalue weighted by Crippen LogP contribution is 2.27. The summed E-state index contributed by atoms with van der Waals surface area (Å²) in [5.74, 6) is -0.0447. The number of carbonyl (C=O) groups is 1. The molecule has 0 fully saturated rings. The van der Waals surface area contributed by atoms with Crippen molar-refractivity contribution in [3.05, 3.63) is 101 Å². The fourth-order valence-corrected chi connectivity index (χ4v) is 4.87. The Labute approximate surface area is 211 Å². The minimum atomic E-state index is -0.276. The van der Waals surface area contributed by atoms with Gasteiger partial charge < -0.3 is 9.67 Å². The normalized spacial score (nSPS) is 11.5. The van der Waals surface area contributed by atoms with Crippen LogP contribution in [0, 0.1) is 0 Å². The van der Waals surface area contributed by atoms with Gasteiger partial charge in [0.25, 0.3) is 5.91 Å². The number of halogens is 1. The Bertz CT molecular complexity index is 1560. The molecule has 174 valence electrons. The van der Waals surface area contributed by atoms with Gasteiger partial charge in [-0.2, -0.15) is 5.10 Å². The number of hydrogen-bond donors (Lipinski definition) is 2.